The number of rotatable bonds is 4. The van der Waals surface area contributed by atoms with Crippen LogP contribution >= 0.6 is 0 Å². The Hall–Kier alpha value is -1.92. The van der Waals surface area contributed by atoms with Crippen molar-refractivity contribution in [1.82, 2.24) is 0 Å². The van der Waals surface area contributed by atoms with Gasteiger partial charge in [0.25, 0.3) is 0 Å². The van der Waals surface area contributed by atoms with Gasteiger partial charge in [0.15, 0.2) is 11.2 Å². The maximum Gasteiger partial charge on any atom is 0.320 e. The SMILES string of the molecule is CC(=O)OC[C@@]1(C(=O)O)CC[C@]2(C)C(CCC3[C@@]4(C)CC[C@H](OC(C)=O)C(C)(C)C4CC[C@]32C)C1=O. The lowest BCUT2D eigenvalue weighted by atomic mass is 9.33. The van der Waals surface area contributed by atoms with Gasteiger partial charge in [0, 0.05) is 25.2 Å². The molecule has 202 valence electrons. The zero-order valence-electron chi connectivity index (χ0n) is 23.1. The highest BCUT2D eigenvalue weighted by atomic mass is 16.5. The molecule has 1 N–H and O–H groups in total. The third kappa shape index (κ3) is 3.58. The highest BCUT2D eigenvalue weighted by Crippen LogP contribution is 2.74. The molecule has 0 amide bonds. The summed E-state index contributed by atoms with van der Waals surface area (Å²) in [5.74, 6) is -1.76. The summed E-state index contributed by atoms with van der Waals surface area (Å²) in [5.41, 5.74) is -2.14. The molecule has 0 heterocycles. The number of aliphatic carboxylic acids is 1. The van der Waals surface area contributed by atoms with Crippen molar-refractivity contribution >= 4 is 23.7 Å². The molecule has 0 spiro atoms. The molecule has 0 radical (unpaired) electrons. The topological polar surface area (TPSA) is 107 Å². The van der Waals surface area contributed by atoms with Crippen LogP contribution in [-0.4, -0.2) is 41.5 Å². The first-order valence-electron chi connectivity index (χ1n) is 13.6. The molecule has 0 bridgehead atoms. The second kappa shape index (κ2) is 8.56. The van der Waals surface area contributed by atoms with Crippen LogP contribution in [-0.2, 0) is 28.7 Å². The van der Waals surface area contributed by atoms with Gasteiger partial charge in [-0.25, -0.2) is 0 Å². The van der Waals surface area contributed by atoms with Crippen molar-refractivity contribution in [2.75, 3.05) is 6.61 Å². The molecule has 7 heteroatoms. The normalized spacial score (nSPS) is 45.5. The summed E-state index contributed by atoms with van der Waals surface area (Å²) in [7, 11) is 0. The van der Waals surface area contributed by atoms with Crippen molar-refractivity contribution in [3.63, 3.8) is 0 Å². The fraction of sp³-hybridized carbons (Fsp3) is 0.862. The van der Waals surface area contributed by atoms with E-state index in [4.69, 9.17) is 9.47 Å². The lowest BCUT2D eigenvalue weighted by molar-refractivity contribution is -0.237. The lowest BCUT2D eigenvalue weighted by Crippen LogP contribution is -2.68. The molecule has 4 fully saturated rings. The Labute approximate surface area is 215 Å². The van der Waals surface area contributed by atoms with E-state index in [1.54, 1.807) is 0 Å². The molecule has 0 aromatic rings. The first kappa shape index (κ1) is 27.1. The zero-order valence-corrected chi connectivity index (χ0v) is 23.1. The van der Waals surface area contributed by atoms with E-state index in [9.17, 15) is 24.3 Å². The third-order valence-electron chi connectivity index (χ3n) is 11.9. The Kier molecular flexibility index (Phi) is 6.45. The third-order valence-corrected chi connectivity index (χ3v) is 11.9. The van der Waals surface area contributed by atoms with E-state index in [0.29, 0.717) is 24.7 Å². The first-order valence-corrected chi connectivity index (χ1v) is 13.6. The minimum atomic E-state index is -1.65. The van der Waals surface area contributed by atoms with Crippen molar-refractivity contribution in [3.05, 3.63) is 0 Å². The average molecular weight is 505 g/mol. The van der Waals surface area contributed by atoms with Crippen LogP contribution in [0, 0.1) is 44.8 Å². The van der Waals surface area contributed by atoms with E-state index in [-0.39, 0.29) is 58.5 Å². The fourth-order valence-electron chi connectivity index (χ4n) is 9.77. The van der Waals surface area contributed by atoms with Gasteiger partial charge in [-0.1, -0.05) is 34.6 Å². The van der Waals surface area contributed by atoms with E-state index in [2.05, 4.69) is 34.6 Å². The smallest absolute Gasteiger partial charge is 0.320 e. The van der Waals surface area contributed by atoms with Crippen LogP contribution in [0.3, 0.4) is 0 Å². The Morgan fingerprint density at radius 2 is 1.50 bits per heavy atom. The highest BCUT2D eigenvalue weighted by molar-refractivity contribution is 6.05. The quantitative estimate of drug-likeness (QED) is 0.415. The molecule has 3 unspecified atom stereocenters. The van der Waals surface area contributed by atoms with E-state index in [0.717, 1.165) is 32.1 Å². The van der Waals surface area contributed by atoms with Crippen LogP contribution in [0.15, 0.2) is 0 Å². The number of ketones is 1. The summed E-state index contributed by atoms with van der Waals surface area (Å²) in [6.45, 7) is 13.8. The van der Waals surface area contributed by atoms with Crippen molar-refractivity contribution < 1.29 is 33.8 Å². The summed E-state index contributed by atoms with van der Waals surface area (Å²) in [6.07, 6.45) is 6.09. The van der Waals surface area contributed by atoms with Crippen LogP contribution < -0.4 is 0 Å². The molecule has 8 atom stereocenters. The van der Waals surface area contributed by atoms with Crippen LogP contribution in [0.1, 0.15) is 99.8 Å². The number of carboxylic acid groups (broad SMARTS) is 1. The summed E-state index contributed by atoms with van der Waals surface area (Å²) in [4.78, 5) is 49.7. The van der Waals surface area contributed by atoms with E-state index in [1.807, 2.05) is 0 Å². The van der Waals surface area contributed by atoms with Crippen LogP contribution in [0.25, 0.3) is 0 Å². The predicted molar refractivity (Wildman–Crippen MR) is 133 cm³/mol. The summed E-state index contributed by atoms with van der Waals surface area (Å²) in [6, 6.07) is 0. The Morgan fingerprint density at radius 3 is 2.08 bits per heavy atom. The van der Waals surface area contributed by atoms with Gasteiger partial charge in [-0.05, 0) is 79.4 Å². The molecule has 0 aliphatic heterocycles. The number of hydrogen-bond acceptors (Lipinski definition) is 6. The molecular formula is C29H44O7. The number of ether oxygens (including phenoxy) is 2. The van der Waals surface area contributed by atoms with Crippen molar-refractivity contribution in [2.45, 2.75) is 106 Å². The molecule has 4 rings (SSSR count). The molecule has 7 nitrogen and oxygen atoms in total. The standard InChI is InChI=1S/C29H44O7/c1-17(30)35-16-29(24(33)34)15-14-27(6)19(23(29)32)8-9-21-26(5)12-11-22(36-18(2)31)25(3,4)20(26)10-13-28(21,27)7/h19-22H,8-16H2,1-7H3,(H,33,34)/t19?,20?,21?,22-,26-,27+,28+,29-/m0/s1. The van der Waals surface area contributed by atoms with E-state index < -0.39 is 17.4 Å². The van der Waals surface area contributed by atoms with Crippen LogP contribution in [0.4, 0.5) is 0 Å². The van der Waals surface area contributed by atoms with Crippen molar-refractivity contribution in [1.29, 1.82) is 0 Å². The van der Waals surface area contributed by atoms with Crippen molar-refractivity contribution in [2.24, 2.45) is 44.8 Å². The van der Waals surface area contributed by atoms with Gasteiger partial charge in [0.2, 0.25) is 0 Å². The largest absolute Gasteiger partial charge is 0.480 e. The summed E-state index contributed by atoms with van der Waals surface area (Å²) < 4.78 is 10.9. The molecule has 4 aliphatic carbocycles. The Morgan fingerprint density at radius 1 is 0.833 bits per heavy atom. The average Bonchev–Trinajstić information content (AvgIpc) is 2.76. The second-order valence-electron chi connectivity index (χ2n) is 13.6. The second-order valence-corrected chi connectivity index (χ2v) is 13.6. The molecule has 0 aromatic heterocycles. The maximum absolute atomic E-state index is 13.9. The Balaban J connectivity index is 1.67. The maximum atomic E-state index is 13.9. The van der Waals surface area contributed by atoms with Gasteiger partial charge in [0.1, 0.15) is 12.7 Å². The van der Waals surface area contributed by atoms with Gasteiger partial charge in [-0.2, -0.15) is 0 Å². The fourth-order valence-corrected chi connectivity index (χ4v) is 9.77. The minimum absolute atomic E-state index is 0.0588. The molecule has 4 saturated carbocycles. The number of carbonyl (C=O) groups excluding carboxylic acids is 3. The molecule has 0 aromatic carbocycles. The molecule has 4 aliphatic rings. The van der Waals surface area contributed by atoms with Crippen molar-refractivity contribution in [3.8, 4) is 0 Å². The number of Topliss-reactive ketones (excluding diaryl/α,β-unsaturated/α-hetero) is 1. The van der Waals surface area contributed by atoms with Crippen LogP contribution in [0.2, 0.25) is 0 Å². The number of fused-ring (bicyclic) bond motifs is 5. The highest BCUT2D eigenvalue weighted by Gasteiger charge is 2.71. The van der Waals surface area contributed by atoms with Gasteiger partial charge in [-0.3, -0.25) is 19.2 Å². The predicted octanol–water partition coefficient (Wildman–Crippen LogP) is 5.19. The van der Waals surface area contributed by atoms with E-state index >= 15 is 0 Å². The van der Waals surface area contributed by atoms with Crippen LogP contribution in [0.5, 0.6) is 0 Å². The summed E-state index contributed by atoms with van der Waals surface area (Å²) in [5, 5.41) is 10.1. The van der Waals surface area contributed by atoms with Gasteiger partial charge < -0.3 is 14.6 Å². The lowest BCUT2D eigenvalue weighted by Gasteiger charge is -2.71. The number of carboxylic acids is 1. The number of esters is 2. The molecule has 0 saturated heterocycles. The molecule has 36 heavy (non-hydrogen) atoms. The van der Waals surface area contributed by atoms with E-state index in [1.165, 1.54) is 13.8 Å². The monoisotopic (exact) mass is 504 g/mol. The van der Waals surface area contributed by atoms with Gasteiger partial charge >= 0.3 is 17.9 Å². The van der Waals surface area contributed by atoms with Gasteiger partial charge in [0.05, 0.1) is 0 Å². The zero-order chi connectivity index (χ0) is 26.9. The number of hydrogen-bond donors (Lipinski definition) is 1. The molecular weight excluding hydrogens is 460 g/mol. The minimum Gasteiger partial charge on any atom is -0.480 e. The number of carbonyl (C=O) groups is 4. The first-order chi connectivity index (χ1) is 16.6. The summed E-state index contributed by atoms with van der Waals surface area (Å²) >= 11 is 0. The van der Waals surface area contributed by atoms with Gasteiger partial charge in [-0.15, -0.1) is 0 Å². The Bertz CT molecular complexity index is 971.